The predicted octanol–water partition coefficient (Wildman–Crippen LogP) is 5.28. The van der Waals surface area contributed by atoms with E-state index < -0.39 is 18.5 Å². The molecule has 36 heavy (non-hydrogen) atoms. The lowest BCUT2D eigenvalue weighted by Gasteiger charge is -2.57. The third-order valence-corrected chi connectivity index (χ3v) is 8.15. The van der Waals surface area contributed by atoms with Crippen molar-refractivity contribution in [3.05, 3.63) is 64.7 Å². The third-order valence-electron chi connectivity index (χ3n) is 8.15. The van der Waals surface area contributed by atoms with Crippen LogP contribution in [-0.4, -0.2) is 36.4 Å². The fourth-order valence-electron chi connectivity index (χ4n) is 7.08. The van der Waals surface area contributed by atoms with E-state index in [2.05, 4.69) is 17.9 Å². The second kappa shape index (κ2) is 10.3. The Morgan fingerprint density at radius 1 is 1.08 bits per heavy atom. The van der Waals surface area contributed by atoms with Gasteiger partial charge in [0.2, 0.25) is 0 Å². The quantitative estimate of drug-likeness (QED) is 0.387. The maximum atomic E-state index is 11.5. The molecule has 4 fully saturated rings. The van der Waals surface area contributed by atoms with Crippen molar-refractivity contribution in [2.45, 2.75) is 63.4 Å². The lowest BCUT2D eigenvalue weighted by atomic mass is 9.48. The SMILES string of the molecule is CCOC(OC)Oc1cc(C(O)C#Cc2ccccc2C(=O)O)ccc1C12CC3CC(CC(C3)C1)C2. The number of aliphatic hydroxyl groups excluding tert-OH is 1. The molecule has 4 saturated carbocycles. The number of hydrogen-bond acceptors (Lipinski definition) is 5. The summed E-state index contributed by atoms with van der Waals surface area (Å²) < 4.78 is 17.3. The summed E-state index contributed by atoms with van der Waals surface area (Å²) in [5.74, 6) is 7.60. The maximum Gasteiger partial charge on any atom is 0.336 e. The summed E-state index contributed by atoms with van der Waals surface area (Å²) >= 11 is 0. The largest absolute Gasteiger partial charge is 0.478 e. The van der Waals surface area contributed by atoms with E-state index in [0.717, 1.165) is 17.8 Å². The minimum atomic E-state index is -1.10. The van der Waals surface area contributed by atoms with Crippen molar-refractivity contribution in [1.29, 1.82) is 0 Å². The normalized spacial score (nSPS) is 27.7. The Morgan fingerprint density at radius 2 is 1.75 bits per heavy atom. The Hall–Kier alpha value is -2.85. The Morgan fingerprint density at radius 3 is 2.36 bits per heavy atom. The molecule has 4 aliphatic rings. The van der Waals surface area contributed by atoms with E-state index in [1.807, 2.05) is 19.1 Å². The predicted molar refractivity (Wildman–Crippen MR) is 135 cm³/mol. The van der Waals surface area contributed by atoms with Crippen LogP contribution in [-0.2, 0) is 14.9 Å². The molecule has 4 bridgehead atoms. The van der Waals surface area contributed by atoms with Crippen LogP contribution in [0, 0.1) is 29.6 Å². The second-order valence-corrected chi connectivity index (χ2v) is 10.6. The average molecular weight is 491 g/mol. The van der Waals surface area contributed by atoms with E-state index in [0.29, 0.717) is 23.5 Å². The van der Waals surface area contributed by atoms with Gasteiger partial charge in [-0.15, -0.1) is 0 Å². The topological polar surface area (TPSA) is 85.2 Å². The van der Waals surface area contributed by atoms with Crippen molar-refractivity contribution in [2.75, 3.05) is 13.7 Å². The van der Waals surface area contributed by atoms with Crippen LogP contribution in [0.4, 0.5) is 0 Å². The molecule has 190 valence electrons. The van der Waals surface area contributed by atoms with Gasteiger partial charge in [-0.2, -0.15) is 0 Å². The molecule has 6 nitrogen and oxygen atoms in total. The lowest BCUT2D eigenvalue weighted by molar-refractivity contribution is -0.231. The van der Waals surface area contributed by atoms with Gasteiger partial charge < -0.3 is 24.4 Å². The summed E-state index contributed by atoms with van der Waals surface area (Å²) in [5, 5.41) is 20.3. The summed E-state index contributed by atoms with van der Waals surface area (Å²) in [6, 6.07) is 12.4. The van der Waals surface area contributed by atoms with Crippen molar-refractivity contribution in [3.8, 4) is 17.6 Å². The van der Waals surface area contributed by atoms with Gasteiger partial charge in [-0.1, -0.05) is 36.1 Å². The number of hydrogen-bond donors (Lipinski definition) is 2. The van der Waals surface area contributed by atoms with Gasteiger partial charge in [0.1, 0.15) is 11.9 Å². The number of carbonyl (C=O) groups is 1. The number of ether oxygens (including phenoxy) is 3. The lowest BCUT2D eigenvalue weighted by Crippen LogP contribution is -2.48. The first-order chi connectivity index (χ1) is 17.4. The molecule has 0 saturated heterocycles. The number of aliphatic hydroxyl groups is 1. The van der Waals surface area contributed by atoms with Gasteiger partial charge in [0.05, 0.1) is 12.2 Å². The zero-order valence-electron chi connectivity index (χ0n) is 20.9. The Balaban J connectivity index is 1.48. The van der Waals surface area contributed by atoms with Crippen LogP contribution in [0.2, 0.25) is 0 Å². The van der Waals surface area contributed by atoms with Gasteiger partial charge >= 0.3 is 12.4 Å². The minimum Gasteiger partial charge on any atom is -0.478 e. The molecule has 2 aromatic carbocycles. The summed E-state index contributed by atoms with van der Waals surface area (Å²) in [4.78, 5) is 11.5. The fourth-order valence-corrected chi connectivity index (χ4v) is 7.08. The van der Waals surface area contributed by atoms with E-state index in [-0.39, 0.29) is 11.0 Å². The number of methoxy groups -OCH3 is 1. The van der Waals surface area contributed by atoms with Crippen molar-refractivity contribution >= 4 is 5.97 Å². The number of benzene rings is 2. The molecule has 2 N–H and O–H groups in total. The zero-order chi connectivity index (χ0) is 25.3. The van der Waals surface area contributed by atoms with Crippen molar-refractivity contribution in [1.82, 2.24) is 0 Å². The Bertz CT molecular complexity index is 1140. The monoisotopic (exact) mass is 490 g/mol. The van der Waals surface area contributed by atoms with E-state index in [1.54, 1.807) is 25.3 Å². The second-order valence-electron chi connectivity index (χ2n) is 10.6. The number of rotatable bonds is 8. The number of aromatic carboxylic acids is 1. The van der Waals surface area contributed by atoms with Gasteiger partial charge in [0.15, 0.2) is 0 Å². The molecule has 6 rings (SSSR count). The molecule has 2 atom stereocenters. The summed E-state index contributed by atoms with van der Waals surface area (Å²) in [7, 11) is 1.55. The number of carboxylic acids is 1. The number of carboxylic acid groups (broad SMARTS) is 1. The molecule has 2 aromatic rings. The standard InChI is InChI=1S/C30H34O6/c1-3-35-29(34-2)36-27-15-23(26(31)11-9-22-6-4-5-7-24(22)28(32)33)8-10-25(27)30-16-19-12-20(17-30)14-21(13-19)18-30/h4-8,10,15,19-21,26,29,31H,3,12-14,16-18H2,1-2H3,(H,32,33). The van der Waals surface area contributed by atoms with E-state index in [4.69, 9.17) is 14.2 Å². The zero-order valence-corrected chi connectivity index (χ0v) is 20.9. The molecule has 0 heterocycles. The van der Waals surface area contributed by atoms with Crippen LogP contribution < -0.4 is 4.74 Å². The average Bonchev–Trinajstić information content (AvgIpc) is 2.86. The maximum absolute atomic E-state index is 11.5. The summed E-state index contributed by atoms with van der Waals surface area (Å²) in [6.07, 6.45) is 6.46. The highest BCUT2D eigenvalue weighted by Gasteiger charge is 2.52. The molecule has 0 spiro atoms. The van der Waals surface area contributed by atoms with Gasteiger partial charge in [0.25, 0.3) is 0 Å². The molecule has 0 radical (unpaired) electrons. The molecule has 4 aliphatic carbocycles. The highest BCUT2D eigenvalue weighted by Crippen LogP contribution is 2.62. The smallest absolute Gasteiger partial charge is 0.336 e. The molecular formula is C30H34O6. The summed E-state index contributed by atoms with van der Waals surface area (Å²) in [5.41, 5.74) is 2.32. The first-order valence-electron chi connectivity index (χ1n) is 12.9. The van der Waals surface area contributed by atoms with Crippen LogP contribution >= 0.6 is 0 Å². The first kappa shape index (κ1) is 24.8. The molecule has 6 heteroatoms. The van der Waals surface area contributed by atoms with Crippen LogP contribution in [0.3, 0.4) is 0 Å². The van der Waals surface area contributed by atoms with Gasteiger partial charge in [-0.05, 0) is 92.4 Å². The van der Waals surface area contributed by atoms with Gasteiger partial charge in [-0.3, -0.25) is 0 Å². The third kappa shape index (κ3) is 4.88. The van der Waals surface area contributed by atoms with Gasteiger partial charge in [0, 0.05) is 18.2 Å². The molecule has 0 amide bonds. The Kier molecular flexibility index (Phi) is 7.07. The highest BCUT2D eigenvalue weighted by atomic mass is 16.8. The van der Waals surface area contributed by atoms with E-state index in [1.165, 1.54) is 50.2 Å². The van der Waals surface area contributed by atoms with Crippen LogP contribution in [0.1, 0.15) is 78.6 Å². The molecule has 2 unspecified atom stereocenters. The Labute approximate surface area is 212 Å². The molecular weight excluding hydrogens is 456 g/mol. The minimum absolute atomic E-state index is 0.0875. The van der Waals surface area contributed by atoms with Crippen LogP contribution in [0.15, 0.2) is 42.5 Å². The van der Waals surface area contributed by atoms with Crippen LogP contribution in [0.5, 0.6) is 5.75 Å². The van der Waals surface area contributed by atoms with Gasteiger partial charge in [-0.25, -0.2) is 4.79 Å². The van der Waals surface area contributed by atoms with E-state index in [9.17, 15) is 15.0 Å². The van der Waals surface area contributed by atoms with Crippen LogP contribution in [0.25, 0.3) is 0 Å². The van der Waals surface area contributed by atoms with Crippen molar-refractivity contribution in [3.63, 3.8) is 0 Å². The molecule has 0 aromatic heterocycles. The first-order valence-corrected chi connectivity index (χ1v) is 12.9. The highest BCUT2D eigenvalue weighted by molar-refractivity contribution is 5.90. The fraction of sp³-hybridized carbons (Fsp3) is 0.500. The molecule has 0 aliphatic heterocycles. The van der Waals surface area contributed by atoms with E-state index >= 15 is 0 Å². The van der Waals surface area contributed by atoms with Crippen molar-refractivity contribution < 1.29 is 29.2 Å². The summed E-state index contributed by atoms with van der Waals surface area (Å²) in [6.45, 7) is 1.49. The van der Waals surface area contributed by atoms with Crippen molar-refractivity contribution in [2.24, 2.45) is 17.8 Å².